The van der Waals surface area contributed by atoms with Crippen molar-refractivity contribution in [3.8, 4) is 5.75 Å². The molecule has 0 aliphatic heterocycles. The summed E-state index contributed by atoms with van der Waals surface area (Å²) in [5, 5.41) is 27.1. The summed E-state index contributed by atoms with van der Waals surface area (Å²) < 4.78 is 5.43. The summed E-state index contributed by atoms with van der Waals surface area (Å²) in [6.45, 7) is 1.78. The van der Waals surface area contributed by atoms with Gasteiger partial charge in [-0.05, 0) is 12.5 Å². The molecule has 0 radical (unpaired) electrons. The Hall–Kier alpha value is -3.35. The van der Waals surface area contributed by atoms with Gasteiger partial charge in [-0.2, -0.15) is 0 Å². The Bertz CT molecular complexity index is 974. The van der Waals surface area contributed by atoms with Crippen molar-refractivity contribution in [2.45, 2.75) is 25.7 Å². The van der Waals surface area contributed by atoms with Gasteiger partial charge in [0.2, 0.25) is 0 Å². The quantitative estimate of drug-likeness (QED) is 0.477. The van der Waals surface area contributed by atoms with Gasteiger partial charge in [-0.25, -0.2) is 4.79 Å². The maximum Gasteiger partial charge on any atom is 0.343 e. The van der Waals surface area contributed by atoms with Crippen molar-refractivity contribution in [3.63, 3.8) is 0 Å². The third kappa shape index (κ3) is 3.62. The van der Waals surface area contributed by atoms with Crippen molar-refractivity contribution in [2.24, 2.45) is 10.3 Å². The summed E-state index contributed by atoms with van der Waals surface area (Å²) in [7, 11) is 1.45. The Morgan fingerprint density at radius 3 is 2.74 bits per heavy atom. The summed E-state index contributed by atoms with van der Waals surface area (Å²) in [5.41, 5.74) is 1.47. The van der Waals surface area contributed by atoms with Gasteiger partial charge in [-0.3, -0.25) is 0 Å². The molecule has 1 unspecified atom stereocenters. The second kappa shape index (κ2) is 7.90. The van der Waals surface area contributed by atoms with Gasteiger partial charge in [0.1, 0.15) is 18.6 Å². The highest BCUT2D eigenvalue weighted by atomic mass is 16.6. The van der Waals surface area contributed by atoms with Crippen LogP contribution < -0.4 is 5.63 Å². The zero-order chi connectivity index (χ0) is 19.4. The average molecular weight is 368 g/mol. The highest BCUT2D eigenvalue weighted by Gasteiger charge is 2.29. The zero-order valence-electron chi connectivity index (χ0n) is 15.0. The molecular weight excluding hydrogens is 348 g/mol. The van der Waals surface area contributed by atoms with Gasteiger partial charge >= 0.3 is 5.63 Å². The van der Waals surface area contributed by atoms with E-state index in [0.29, 0.717) is 24.1 Å². The van der Waals surface area contributed by atoms with E-state index in [1.54, 1.807) is 19.1 Å². The monoisotopic (exact) mass is 368 g/mol. The van der Waals surface area contributed by atoms with Crippen molar-refractivity contribution < 1.29 is 19.6 Å². The Labute approximate surface area is 155 Å². The molecule has 1 aromatic carbocycles. The molecule has 1 heterocycles. The predicted octanol–water partition coefficient (Wildman–Crippen LogP) is 3.48. The standard InChI is InChI=1S/C20H20N2O5/c1-12(22-26-2)11-15(13-7-4-3-5-8-13)17-18(23)14-9-6-10-16(21-25)19(14)27-20(17)24/h3-9,15,23,25H,10-11H2,1-2H3. The minimum absolute atomic E-state index is 0.0837. The van der Waals surface area contributed by atoms with Gasteiger partial charge in [-0.1, -0.05) is 52.8 Å². The van der Waals surface area contributed by atoms with Gasteiger partial charge in [0.05, 0.1) is 16.8 Å². The molecular formula is C20H20N2O5. The van der Waals surface area contributed by atoms with Crippen LogP contribution in [0.1, 0.15) is 48.1 Å². The first kappa shape index (κ1) is 18.4. The third-order valence-corrected chi connectivity index (χ3v) is 4.45. The lowest BCUT2D eigenvalue weighted by atomic mass is 9.86. The highest BCUT2D eigenvalue weighted by Crippen LogP contribution is 2.37. The third-order valence-electron chi connectivity index (χ3n) is 4.45. The number of rotatable bonds is 5. The molecule has 140 valence electrons. The van der Waals surface area contributed by atoms with E-state index >= 15 is 0 Å². The van der Waals surface area contributed by atoms with Crippen LogP contribution >= 0.6 is 0 Å². The van der Waals surface area contributed by atoms with Crippen LogP contribution in [0.25, 0.3) is 6.08 Å². The van der Waals surface area contributed by atoms with E-state index in [2.05, 4.69) is 10.3 Å². The molecule has 7 heteroatoms. The molecule has 1 aromatic heterocycles. The van der Waals surface area contributed by atoms with Gasteiger partial charge in [0, 0.05) is 18.8 Å². The maximum atomic E-state index is 12.8. The van der Waals surface area contributed by atoms with Crippen molar-refractivity contribution >= 4 is 17.5 Å². The number of allylic oxidation sites excluding steroid dienone is 1. The first-order valence-corrected chi connectivity index (χ1v) is 8.46. The minimum Gasteiger partial charge on any atom is -0.507 e. The first-order chi connectivity index (χ1) is 13.1. The molecule has 7 nitrogen and oxygen atoms in total. The summed E-state index contributed by atoms with van der Waals surface area (Å²) in [5.74, 6) is -0.575. The van der Waals surface area contributed by atoms with Crippen LogP contribution in [-0.2, 0) is 4.84 Å². The first-order valence-electron chi connectivity index (χ1n) is 8.46. The molecule has 3 rings (SSSR count). The highest BCUT2D eigenvalue weighted by molar-refractivity contribution is 6.04. The number of oxime groups is 2. The van der Waals surface area contributed by atoms with Crippen molar-refractivity contribution in [2.75, 3.05) is 7.11 Å². The molecule has 2 N–H and O–H groups in total. The summed E-state index contributed by atoms with van der Waals surface area (Å²) >= 11 is 0. The second-order valence-electron chi connectivity index (χ2n) is 6.22. The summed E-state index contributed by atoms with van der Waals surface area (Å²) in [6.07, 6.45) is 4.06. The number of benzene rings is 1. The van der Waals surface area contributed by atoms with E-state index in [0.717, 1.165) is 5.56 Å². The number of hydrogen-bond donors (Lipinski definition) is 2. The van der Waals surface area contributed by atoms with Crippen LogP contribution in [-0.4, -0.2) is 28.8 Å². The molecule has 0 spiro atoms. The fourth-order valence-electron chi connectivity index (χ4n) is 3.26. The lowest BCUT2D eigenvalue weighted by Crippen LogP contribution is -2.20. The number of fused-ring (bicyclic) bond motifs is 1. The molecule has 0 saturated carbocycles. The summed E-state index contributed by atoms with van der Waals surface area (Å²) in [4.78, 5) is 17.6. The predicted molar refractivity (Wildman–Crippen MR) is 102 cm³/mol. The second-order valence-corrected chi connectivity index (χ2v) is 6.22. The van der Waals surface area contributed by atoms with Gasteiger partial charge in [0.25, 0.3) is 0 Å². The van der Waals surface area contributed by atoms with Crippen LogP contribution in [0.15, 0.2) is 55.9 Å². The molecule has 0 fully saturated rings. The Morgan fingerprint density at radius 1 is 1.33 bits per heavy atom. The Kier molecular flexibility index (Phi) is 5.40. The van der Waals surface area contributed by atoms with E-state index in [1.165, 1.54) is 7.11 Å². The van der Waals surface area contributed by atoms with Crippen LogP contribution in [0.5, 0.6) is 5.75 Å². The zero-order valence-corrected chi connectivity index (χ0v) is 15.0. The molecule has 27 heavy (non-hydrogen) atoms. The Morgan fingerprint density at radius 2 is 2.07 bits per heavy atom. The van der Waals surface area contributed by atoms with Crippen molar-refractivity contribution in [1.82, 2.24) is 0 Å². The van der Waals surface area contributed by atoms with E-state index in [4.69, 9.17) is 14.5 Å². The molecule has 0 amide bonds. The smallest absolute Gasteiger partial charge is 0.343 e. The van der Waals surface area contributed by atoms with Crippen LogP contribution in [0.3, 0.4) is 0 Å². The average Bonchev–Trinajstić information content (AvgIpc) is 2.67. The van der Waals surface area contributed by atoms with E-state index < -0.39 is 11.5 Å². The molecule has 1 aliphatic rings. The van der Waals surface area contributed by atoms with E-state index in [-0.39, 0.29) is 22.8 Å². The van der Waals surface area contributed by atoms with Gasteiger partial charge in [-0.15, -0.1) is 0 Å². The number of aromatic hydroxyl groups is 1. The maximum absolute atomic E-state index is 12.8. The van der Waals surface area contributed by atoms with Crippen LogP contribution in [0.4, 0.5) is 0 Å². The van der Waals surface area contributed by atoms with Crippen LogP contribution in [0.2, 0.25) is 0 Å². The minimum atomic E-state index is -0.679. The SMILES string of the molecule is CON=C(C)CC(c1ccccc1)c1c(O)c2c(oc1=O)C(=NO)CC=C2. The van der Waals surface area contributed by atoms with E-state index in [9.17, 15) is 9.90 Å². The molecule has 2 aromatic rings. The molecule has 0 saturated heterocycles. The van der Waals surface area contributed by atoms with Gasteiger partial charge in [0.15, 0.2) is 5.76 Å². The van der Waals surface area contributed by atoms with Crippen molar-refractivity contribution in [3.05, 3.63) is 69.3 Å². The fourth-order valence-corrected chi connectivity index (χ4v) is 3.26. The van der Waals surface area contributed by atoms with Crippen molar-refractivity contribution in [1.29, 1.82) is 0 Å². The largest absolute Gasteiger partial charge is 0.507 e. The normalized spacial score (nSPS) is 16.2. The lowest BCUT2D eigenvalue weighted by molar-refractivity contribution is 0.212. The molecule has 0 bridgehead atoms. The number of nitrogens with zero attached hydrogens (tertiary/aromatic N) is 2. The fraction of sp³-hybridized carbons (Fsp3) is 0.250. The van der Waals surface area contributed by atoms with Gasteiger partial charge < -0.3 is 19.6 Å². The molecule has 1 aliphatic carbocycles. The lowest BCUT2D eigenvalue weighted by Gasteiger charge is -2.20. The van der Waals surface area contributed by atoms with Crippen LogP contribution in [0, 0.1) is 0 Å². The molecule has 1 atom stereocenters. The van der Waals surface area contributed by atoms with E-state index in [1.807, 2.05) is 30.3 Å². The number of hydrogen-bond acceptors (Lipinski definition) is 7. The topological polar surface area (TPSA) is 105 Å². The Balaban J connectivity index is 2.20. The summed E-state index contributed by atoms with van der Waals surface area (Å²) in [6, 6.07) is 9.34.